The van der Waals surface area contributed by atoms with E-state index in [4.69, 9.17) is 4.74 Å². The molecule has 158 valence electrons. The van der Waals surface area contributed by atoms with Gasteiger partial charge in [0.25, 0.3) is 0 Å². The molecule has 3 aromatic carbocycles. The number of rotatable bonds is 12. The van der Waals surface area contributed by atoms with Crippen molar-refractivity contribution in [2.24, 2.45) is 0 Å². The van der Waals surface area contributed by atoms with Gasteiger partial charge >= 0.3 is 0 Å². The van der Waals surface area contributed by atoms with E-state index in [1.54, 1.807) is 0 Å². The van der Waals surface area contributed by atoms with Gasteiger partial charge in [-0.15, -0.1) is 0 Å². The summed E-state index contributed by atoms with van der Waals surface area (Å²) in [7, 11) is 2.01. The fourth-order valence-corrected chi connectivity index (χ4v) is 3.38. The minimum Gasteiger partial charge on any atom is -0.491 e. The number of aliphatic hydroxyl groups excluding tert-OH is 1. The highest BCUT2D eigenvalue weighted by atomic mass is 16.5. The summed E-state index contributed by atoms with van der Waals surface area (Å²) < 4.78 is 5.76. The molecule has 0 saturated carbocycles. The van der Waals surface area contributed by atoms with Crippen LogP contribution in [0.3, 0.4) is 0 Å². The zero-order valence-corrected chi connectivity index (χ0v) is 17.7. The summed E-state index contributed by atoms with van der Waals surface area (Å²) in [5.41, 5.74) is 3.81. The van der Waals surface area contributed by atoms with Crippen LogP contribution in [0.1, 0.15) is 16.7 Å². The molecule has 0 aliphatic rings. The monoisotopic (exact) mass is 404 g/mol. The maximum Gasteiger partial charge on any atom is 0.119 e. The van der Waals surface area contributed by atoms with Crippen LogP contribution in [0.15, 0.2) is 84.9 Å². The minimum absolute atomic E-state index is 0.286. The van der Waals surface area contributed by atoms with Gasteiger partial charge in [0.15, 0.2) is 0 Å². The highest BCUT2D eigenvalue weighted by Crippen LogP contribution is 2.13. The molecule has 30 heavy (non-hydrogen) atoms. The van der Waals surface area contributed by atoms with Crippen LogP contribution in [0.25, 0.3) is 0 Å². The summed E-state index contributed by atoms with van der Waals surface area (Å²) in [5, 5.41) is 13.7. The van der Waals surface area contributed by atoms with E-state index in [-0.39, 0.29) is 6.61 Å². The first-order chi connectivity index (χ1) is 14.7. The highest BCUT2D eigenvalue weighted by Gasteiger charge is 2.10. The second-order valence-electron chi connectivity index (χ2n) is 7.70. The maximum atomic E-state index is 10.3. The van der Waals surface area contributed by atoms with Gasteiger partial charge in [-0.2, -0.15) is 0 Å². The Morgan fingerprint density at radius 3 is 2.13 bits per heavy atom. The van der Waals surface area contributed by atoms with Gasteiger partial charge in [0.1, 0.15) is 18.5 Å². The Morgan fingerprint density at radius 2 is 1.47 bits per heavy atom. The van der Waals surface area contributed by atoms with Gasteiger partial charge in [0.05, 0.1) is 0 Å². The van der Waals surface area contributed by atoms with Crippen LogP contribution in [0.2, 0.25) is 0 Å². The topological polar surface area (TPSA) is 44.7 Å². The third-order valence-electron chi connectivity index (χ3n) is 4.95. The van der Waals surface area contributed by atoms with Crippen molar-refractivity contribution in [1.29, 1.82) is 0 Å². The van der Waals surface area contributed by atoms with Crippen molar-refractivity contribution in [3.05, 3.63) is 102 Å². The van der Waals surface area contributed by atoms with E-state index in [1.165, 1.54) is 16.7 Å². The molecule has 4 heteroatoms. The molecule has 0 unspecified atom stereocenters. The first-order valence-corrected chi connectivity index (χ1v) is 10.6. The fourth-order valence-electron chi connectivity index (χ4n) is 3.38. The summed E-state index contributed by atoms with van der Waals surface area (Å²) in [4.78, 5) is 2.10. The zero-order chi connectivity index (χ0) is 21.0. The van der Waals surface area contributed by atoms with Crippen molar-refractivity contribution in [1.82, 2.24) is 10.2 Å². The fraction of sp³-hybridized carbons (Fsp3) is 0.308. The number of likely N-dealkylation sites (N-methyl/N-ethyl adjacent to an activating group) is 1. The van der Waals surface area contributed by atoms with E-state index < -0.39 is 6.10 Å². The predicted octanol–water partition coefficient (Wildman–Crippen LogP) is 3.89. The van der Waals surface area contributed by atoms with Crippen LogP contribution in [0.5, 0.6) is 5.75 Å². The van der Waals surface area contributed by atoms with Crippen LogP contribution in [0, 0.1) is 0 Å². The molecule has 1 atom stereocenters. The van der Waals surface area contributed by atoms with Crippen LogP contribution < -0.4 is 10.1 Å². The van der Waals surface area contributed by atoms with E-state index in [2.05, 4.69) is 58.7 Å². The van der Waals surface area contributed by atoms with Crippen molar-refractivity contribution < 1.29 is 9.84 Å². The third kappa shape index (κ3) is 7.99. The van der Waals surface area contributed by atoms with Crippen molar-refractivity contribution in [3.63, 3.8) is 0 Å². The Kier molecular flexibility index (Phi) is 8.91. The number of benzene rings is 3. The number of nitrogens with zero attached hydrogens (tertiary/aromatic N) is 1. The maximum absolute atomic E-state index is 10.3. The smallest absolute Gasteiger partial charge is 0.119 e. The lowest BCUT2D eigenvalue weighted by Crippen LogP contribution is -2.32. The Bertz CT molecular complexity index is 838. The molecule has 0 amide bonds. The minimum atomic E-state index is -0.530. The van der Waals surface area contributed by atoms with E-state index in [0.717, 1.165) is 31.8 Å². The van der Waals surface area contributed by atoms with Gasteiger partial charge in [-0.05, 0) is 48.8 Å². The molecule has 0 saturated heterocycles. The summed E-state index contributed by atoms with van der Waals surface area (Å²) in [6, 6.07) is 28.8. The molecule has 3 rings (SSSR count). The lowest BCUT2D eigenvalue weighted by molar-refractivity contribution is 0.0744. The molecular formula is C26H32N2O2. The Hall–Kier alpha value is -2.66. The first kappa shape index (κ1) is 22.0. The zero-order valence-electron chi connectivity index (χ0n) is 17.7. The lowest BCUT2D eigenvalue weighted by Gasteiger charge is -2.21. The van der Waals surface area contributed by atoms with Gasteiger partial charge in [-0.25, -0.2) is 0 Å². The highest BCUT2D eigenvalue weighted by molar-refractivity contribution is 5.27. The largest absolute Gasteiger partial charge is 0.491 e. The average molecular weight is 405 g/mol. The molecule has 4 nitrogen and oxygen atoms in total. The second kappa shape index (κ2) is 12.1. The molecule has 0 aliphatic heterocycles. The molecular weight excluding hydrogens is 372 g/mol. The van der Waals surface area contributed by atoms with Gasteiger partial charge in [0.2, 0.25) is 0 Å². The van der Waals surface area contributed by atoms with Gasteiger partial charge in [0, 0.05) is 19.6 Å². The Morgan fingerprint density at radius 1 is 0.833 bits per heavy atom. The van der Waals surface area contributed by atoms with Crippen molar-refractivity contribution in [2.75, 3.05) is 26.7 Å². The number of hydrogen-bond acceptors (Lipinski definition) is 4. The Labute approximate surface area is 180 Å². The normalized spacial score (nSPS) is 12.1. The van der Waals surface area contributed by atoms with Crippen molar-refractivity contribution in [2.45, 2.75) is 25.6 Å². The SMILES string of the molecule is CN(Cc1ccccc1)C[C@H](O)COc1ccc(CNCCc2ccccc2)cc1. The summed E-state index contributed by atoms with van der Waals surface area (Å²) in [6.45, 7) is 3.45. The van der Waals surface area contributed by atoms with Crippen LogP contribution in [-0.2, 0) is 19.5 Å². The van der Waals surface area contributed by atoms with Crippen LogP contribution in [0.4, 0.5) is 0 Å². The lowest BCUT2D eigenvalue weighted by atomic mass is 10.1. The number of hydrogen-bond donors (Lipinski definition) is 2. The first-order valence-electron chi connectivity index (χ1n) is 10.6. The summed E-state index contributed by atoms with van der Waals surface area (Å²) in [5.74, 6) is 0.785. The molecule has 0 heterocycles. The van der Waals surface area contributed by atoms with Crippen LogP contribution in [-0.4, -0.2) is 42.9 Å². The van der Waals surface area contributed by atoms with E-state index in [9.17, 15) is 5.11 Å². The molecule has 2 N–H and O–H groups in total. The van der Waals surface area contributed by atoms with Gasteiger partial charge in [-0.3, -0.25) is 4.90 Å². The van der Waals surface area contributed by atoms with E-state index in [0.29, 0.717) is 6.54 Å². The predicted molar refractivity (Wildman–Crippen MR) is 123 cm³/mol. The molecule has 0 aromatic heterocycles. The molecule has 0 radical (unpaired) electrons. The third-order valence-corrected chi connectivity index (χ3v) is 4.95. The quantitative estimate of drug-likeness (QED) is 0.450. The molecule has 3 aromatic rings. The summed E-state index contributed by atoms with van der Waals surface area (Å²) in [6.07, 6.45) is 0.497. The molecule has 0 aliphatic carbocycles. The second-order valence-corrected chi connectivity index (χ2v) is 7.70. The van der Waals surface area contributed by atoms with E-state index in [1.807, 2.05) is 43.4 Å². The number of aliphatic hydroxyl groups is 1. The van der Waals surface area contributed by atoms with Gasteiger partial charge < -0.3 is 15.2 Å². The summed E-state index contributed by atoms with van der Waals surface area (Å²) >= 11 is 0. The standard InChI is InChI=1S/C26H32N2O2/c1-28(19-24-10-6-3-7-11-24)20-25(29)21-30-26-14-12-23(13-15-26)18-27-17-16-22-8-4-2-5-9-22/h2-15,25,27,29H,16-21H2,1H3/t25-/m0/s1. The molecule has 0 spiro atoms. The van der Waals surface area contributed by atoms with Gasteiger partial charge in [-0.1, -0.05) is 72.8 Å². The number of nitrogens with one attached hydrogen (secondary N) is 1. The molecule has 0 fully saturated rings. The Balaban J connectivity index is 1.32. The van der Waals surface area contributed by atoms with Crippen molar-refractivity contribution >= 4 is 0 Å². The number of ether oxygens (including phenoxy) is 1. The van der Waals surface area contributed by atoms with Crippen molar-refractivity contribution in [3.8, 4) is 5.75 Å². The molecule has 0 bridgehead atoms. The van der Waals surface area contributed by atoms with Crippen LogP contribution >= 0.6 is 0 Å². The van der Waals surface area contributed by atoms with E-state index >= 15 is 0 Å². The average Bonchev–Trinajstić information content (AvgIpc) is 2.77.